The van der Waals surface area contributed by atoms with Crippen molar-refractivity contribution in [3.63, 3.8) is 0 Å². The second-order valence-corrected chi connectivity index (χ2v) is 4.60. The Bertz CT molecular complexity index is 483. The van der Waals surface area contributed by atoms with Crippen LogP contribution in [0.25, 0.3) is 0 Å². The van der Waals surface area contributed by atoms with E-state index in [9.17, 15) is 9.59 Å². The number of hydrogen-bond donors (Lipinski definition) is 3. The summed E-state index contributed by atoms with van der Waals surface area (Å²) in [5.41, 5.74) is 10.2. The van der Waals surface area contributed by atoms with Gasteiger partial charge in [0.15, 0.2) is 0 Å². The lowest BCUT2D eigenvalue weighted by Crippen LogP contribution is -2.31. The van der Waals surface area contributed by atoms with Gasteiger partial charge in [0.2, 0.25) is 0 Å². The molecule has 6 heteroatoms. The van der Waals surface area contributed by atoms with E-state index < -0.39 is 17.3 Å². The molecule has 0 spiro atoms. The summed E-state index contributed by atoms with van der Waals surface area (Å²) in [4.78, 5) is 22.1. The van der Waals surface area contributed by atoms with Crippen molar-refractivity contribution < 1.29 is 19.4 Å². The summed E-state index contributed by atoms with van der Waals surface area (Å²) in [5.74, 6) is -1.44. The molecule has 0 radical (unpaired) electrons. The minimum Gasteiger partial charge on any atom is -0.492 e. The molecular weight excluding hydrogens is 236 g/mol. The average Bonchev–Trinajstić information content (AvgIpc) is 2.27. The molecule has 0 bridgehead atoms. The zero-order chi connectivity index (χ0) is 13.9. The Kier molecular flexibility index (Phi) is 3.80. The van der Waals surface area contributed by atoms with Crippen LogP contribution in [-0.4, -0.2) is 23.6 Å². The minimum absolute atomic E-state index is 0.0769. The minimum atomic E-state index is -1.06. The van der Waals surface area contributed by atoms with Crippen LogP contribution in [0.2, 0.25) is 0 Å². The standard InChI is InChI=1S/C12H16N2O4/c1-12(2,11(16)17)6-18-9-4-3-7(13)5-8(9)10(14)15/h3-5H,6,13H2,1-2H3,(H2,14,15)(H,16,17). The van der Waals surface area contributed by atoms with Crippen LogP contribution in [-0.2, 0) is 4.79 Å². The van der Waals surface area contributed by atoms with E-state index in [-0.39, 0.29) is 17.9 Å². The van der Waals surface area contributed by atoms with Crippen molar-refractivity contribution in [1.82, 2.24) is 0 Å². The number of carbonyl (C=O) groups excluding carboxylic acids is 1. The smallest absolute Gasteiger partial charge is 0.312 e. The van der Waals surface area contributed by atoms with Gasteiger partial charge in [-0.1, -0.05) is 0 Å². The van der Waals surface area contributed by atoms with Crippen LogP contribution in [0, 0.1) is 5.41 Å². The fourth-order valence-electron chi connectivity index (χ4n) is 1.19. The van der Waals surface area contributed by atoms with Gasteiger partial charge in [0.1, 0.15) is 12.4 Å². The summed E-state index contributed by atoms with van der Waals surface area (Å²) in [5, 5.41) is 8.95. The molecule has 0 atom stereocenters. The Labute approximate surface area is 105 Å². The van der Waals surface area contributed by atoms with Gasteiger partial charge in [0, 0.05) is 5.69 Å². The molecule has 0 aliphatic heterocycles. The second kappa shape index (κ2) is 4.95. The largest absolute Gasteiger partial charge is 0.492 e. The first-order chi connectivity index (χ1) is 8.24. The highest BCUT2D eigenvalue weighted by Crippen LogP contribution is 2.24. The van der Waals surface area contributed by atoms with Gasteiger partial charge in [-0.05, 0) is 32.0 Å². The number of nitrogen functional groups attached to an aromatic ring is 1. The second-order valence-electron chi connectivity index (χ2n) is 4.60. The highest BCUT2D eigenvalue weighted by atomic mass is 16.5. The van der Waals surface area contributed by atoms with Gasteiger partial charge in [-0.2, -0.15) is 0 Å². The summed E-state index contributed by atoms with van der Waals surface area (Å²) in [7, 11) is 0. The lowest BCUT2D eigenvalue weighted by Gasteiger charge is -2.20. The molecule has 18 heavy (non-hydrogen) atoms. The Morgan fingerprint density at radius 1 is 1.39 bits per heavy atom. The molecule has 1 aromatic rings. The summed E-state index contributed by atoms with van der Waals surface area (Å²) < 4.78 is 5.34. The molecule has 1 amide bonds. The average molecular weight is 252 g/mol. The Morgan fingerprint density at radius 2 is 2.00 bits per heavy atom. The van der Waals surface area contributed by atoms with Crippen LogP contribution in [0.15, 0.2) is 18.2 Å². The fourth-order valence-corrected chi connectivity index (χ4v) is 1.19. The SMILES string of the molecule is CC(C)(COc1ccc(N)cc1C(N)=O)C(=O)O. The zero-order valence-electron chi connectivity index (χ0n) is 10.3. The van der Waals surface area contributed by atoms with E-state index in [1.807, 2.05) is 0 Å². The number of anilines is 1. The normalized spacial score (nSPS) is 11.0. The first-order valence-corrected chi connectivity index (χ1v) is 5.29. The van der Waals surface area contributed by atoms with Gasteiger partial charge in [0.05, 0.1) is 11.0 Å². The van der Waals surface area contributed by atoms with E-state index in [4.69, 9.17) is 21.3 Å². The van der Waals surface area contributed by atoms with Crippen LogP contribution in [0.5, 0.6) is 5.75 Å². The topological polar surface area (TPSA) is 116 Å². The zero-order valence-corrected chi connectivity index (χ0v) is 10.3. The van der Waals surface area contributed by atoms with Crippen molar-refractivity contribution in [2.45, 2.75) is 13.8 Å². The number of carbonyl (C=O) groups is 2. The first kappa shape index (κ1) is 13.8. The Morgan fingerprint density at radius 3 is 2.50 bits per heavy atom. The molecule has 6 nitrogen and oxygen atoms in total. The number of aliphatic carboxylic acids is 1. The maximum atomic E-state index is 11.2. The third kappa shape index (κ3) is 3.13. The number of hydrogen-bond acceptors (Lipinski definition) is 4. The summed E-state index contributed by atoms with van der Waals surface area (Å²) in [6.07, 6.45) is 0. The number of benzene rings is 1. The van der Waals surface area contributed by atoms with Crippen LogP contribution < -0.4 is 16.2 Å². The van der Waals surface area contributed by atoms with Gasteiger partial charge < -0.3 is 21.3 Å². The van der Waals surface area contributed by atoms with E-state index in [2.05, 4.69) is 0 Å². The van der Waals surface area contributed by atoms with Crippen molar-refractivity contribution in [3.05, 3.63) is 23.8 Å². The summed E-state index contributed by atoms with van der Waals surface area (Å²) in [6.45, 7) is 2.97. The van der Waals surface area contributed by atoms with E-state index in [1.54, 1.807) is 6.07 Å². The molecule has 0 aliphatic rings. The molecule has 5 N–H and O–H groups in total. The number of rotatable bonds is 5. The molecule has 0 saturated heterocycles. The van der Waals surface area contributed by atoms with Gasteiger partial charge in [0.25, 0.3) is 5.91 Å². The Hall–Kier alpha value is -2.24. The number of carboxylic acid groups (broad SMARTS) is 1. The van der Waals surface area contributed by atoms with Gasteiger partial charge in [-0.15, -0.1) is 0 Å². The lowest BCUT2D eigenvalue weighted by molar-refractivity contribution is -0.148. The molecule has 0 aromatic heterocycles. The van der Waals surface area contributed by atoms with E-state index in [0.717, 1.165) is 0 Å². The first-order valence-electron chi connectivity index (χ1n) is 5.29. The van der Waals surface area contributed by atoms with Crippen molar-refractivity contribution >= 4 is 17.6 Å². The van der Waals surface area contributed by atoms with Crippen molar-refractivity contribution in [3.8, 4) is 5.75 Å². The molecule has 0 saturated carbocycles. The van der Waals surface area contributed by atoms with Crippen LogP contribution in [0.1, 0.15) is 24.2 Å². The summed E-state index contributed by atoms with van der Waals surface area (Å²) in [6, 6.07) is 4.44. The Balaban J connectivity index is 2.92. The predicted octanol–water partition coefficient (Wildman–Crippen LogP) is 0.857. The van der Waals surface area contributed by atoms with Crippen LogP contribution in [0.3, 0.4) is 0 Å². The lowest BCUT2D eigenvalue weighted by atomic mass is 9.95. The highest BCUT2D eigenvalue weighted by Gasteiger charge is 2.28. The molecule has 0 aliphatic carbocycles. The third-order valence-electron chi connectivity index (χ3n) is 2.44. The predicted molar refractivity (Wildman–Crippen MR) is 66.3 cm³/mol. The number of nitrogens with two attached hydrogens (primary N) is 2. The van der Waals surface area contributed by atoms with Gasteiger partial charge in [-0.3, -0.25) is 9.59 Å². The third-order valence-corrected chi connectivity index (χ3v) is 2.44. The van der Waals surface area contributed by atoms with Crippen LogP contribution in [0.4, 0.5) is 5.69 Å². The van der Waals surface area contributed by atoms with E-state index in [0.29, 0.717) is 5.69 Å². The molecule has 1 aromatic carbocycles. The van der Waals surface area contributed by atoms with Crippen molar-refractivity contribution in [1.29, 1.82) is 0 Å². The number of amides is 1. The monoisotopic (exact) mass is 252 g/mol. The molecular formula is C12H16N2O4. The van der Waals surface area contributed by atoms with Gasteiger partial charge >= 0.3 is 5.97 Å². The quantitative estimate of drug-likeness (QED) is 0.672. The number of primary amides is 1. The molecule has 0 unspecified atom stereocenters. The maximum absolute atomic E-state index is 11.2. The molecule has 1 rings (SSSR count). The van der Waals surface area contributed by atoms with Gasteiger partial charge in [-0.25, -0.2) is 0 Å². The summed E-state index contributed by atoms with van der Waals surface area (Å²) >= 11 is 0. The number of carboxylic acids is 1. The van der Waals surface area contributed by atoms with E-state index >= 15 is 0 Å². The van der Waals surface area contributed by atoms with Crippen LogP contribution >= 0.6 is 0 Å². The van der Waals surface area contributed by atoms with E-state index in [1.165, 1.54) is 26.0 Å². The molecule has 98 valence electrons. The molecule has 0 fully saturated rings. The highest BCUT2D eigenvalue weighted by molar-refractivity contribution is 5.96. The molecule has 0 heterocycles. The van der Waals surface area contributed by atoms with Crippen molar-refractivity contribution in [2.24, 2.45) is 11.1 Å². The number of ether oxygens (including phenoxy) is 1. The fraction of sp³-hybridized carbons (Fsp3) is 0.333. The van der Waals surface area contributed by atoms with Crippen molar-refractivity contribution in [2.75, 3.05) is 12.3 Å². The maximum Gasteiger partial charge on any atom is 0.312 e.